The fourth-order valence-corrected chi connectivity index (χ4v) is 5.06. The third kappa shape index (κ3) is 3.54. The second-order valence-corrected chi connectivity index (χ2v) is 8.87. The number of nitrogens with zero attached hydrogens (tertiary/aromatic N) is 3. The number of benzene rings is 1. The molecule has 2 aliphatic heterocycles. The SMILES string of the molecule is O=C(c1ccccn1)N1CCC2(CC1)C[C@H](c1ccccc1)C(=O)N(C1CC1)C2. The third-order valence-corrected chi connectivity index (χ3v) is 6.91. The van der Waals surface area contributed by atoms with Crippen LogP contribution in [0.5, 0.6) is 0 Å². The number of piperidine rings is 2. The molecule has 1 aliphatic carbocycles. The van der Waals surface area contributed by atoms with E-state index in [0.717, 1.165) is 57.3 Å². The van der Waals surface area contributed by atoms with Crippen LogP contribution in [0.1, 0.15) is 54.1 Å². The van der Waals surface area contributed by atoms with Gasteiger partial charge in [-0.1, -0.05) is 36.4 Å². The molecule has 1 aromatic heterocycles. The minimum atomic E-state index is -0.0522. The highest BCUT2D eigenvalue weighted by atomic mass is 16.2. The lowest BCUT2D eigenvalue weighted by atomic mass is 9.67. The van der Waals surface area contributed by atoms with Gasteiger partial charge in [0.1, 0.15) is 5.69 Å². The molecule has 0 bridgehead atoms. The third-order valence-electron chi connectivity index (χ3n) is 6.91. The Hall–Kier alpha value is -2.69. The second kappa shape index (κ2) is 7.29. The minimum Gasteiger partial charge on any atom is -0.339 e. The van der Waals surface area contributed by atoms with Crippen LogP contribution in [0.15, 0.2) is 54.7 Å². The number of carbonyl (C=O) groups is 2. The van der Waals surface area contributed by atoms with Crippen molar-refractivity contribution in [2.75, 3.05) is 19.6 Å². The predicted octanol–water partition coefficient (Wildman–Crippen LogP) is 3.48. The molecule has 5 nitrogen and oxygen atoms in total. The standard InChI is InChI=1S/C24H27N3O2/c28-22-20(18-6-2-1-3-7-18)16-24(17-27(22)19-9-10-19)11-14-26(15-12-24)23(29)21-8-4-5-13-25-21/h1-8,13,19-20H,9-12,14-17H2/t20-/m1/s1. The number of pyridine rings is 1. The Morgan fingerprint density at radius 3 is 2.38 bits per heavy atom. The van der Waals surface area contributed by atoms with Crippen LogP contribution in [0.4, 0.5) is 0 Å². The lowest BCUT2D eigenvalue weighted by Gasteiger charge is -2.50. The molecule has 3 fully saturated rings. The summed E-state index contributed by atoms with van der Waals surface area (Å²) >= 11 is 0. The number of rotatable bonds is 3. The van der Waals surface area contributed by atoms with Crippen molar-refractivity contribution < 1.29 is 9.59 Å². The maximum absolute atomic E-state index is 13.2. The van der Waals surface area contributed by atoms with Crippen molar-refractivity contribution in [1.82, 2.24) is 14.8 Å². The van der Waals surface area contributed by atoms with Crippen molar-refractivity contribution in [3.05, 3.63) is 66.0 Å². The molecule has 2 saturated heterocycles. The Bertz CT molecular complexity index is 887. The van der Waals surface area contributed by atoms with Gasteiger partial charge in [0.2, 0.25) is 5.91 Å². The van der Waals surface area contributed by atoms with E-state index in [1.54, 1.807) is 12.3 Å². The molecule has 0 N–H and O–H groups in total. The highest BCUT2D eigenvalue weighted by molar-refractivity contribution is 5.92. The van der Waals surface area contributed by atoms with Crippen molar-refractivity contribution in [2.45, 2.75) is 44.1 Å². The summed E-state index contributed by atoms with van der Waals surface area (Å²) in [6, 6.07) is 16.1. The minimum absolute atomic E-state index is 0.0194. The number of likely N-dealkylation sites (tertiary alicyclic amines) is 2. The largest absolute Gasteiger partial charge is 0.339 e. The summed E-state index contributed by atoms with van der Waals surface area (Å²) in [6.45, 7) is 2.33. The molecule has 5 heteroatoms. The van der Waals surface area contributed by atoms with Crippen molar-refractivity contribution in [2.24, 2.45) is 5.41 Å². The zero-order chi connectivity index (χ0) is 19.8. The Labute approximate surface area is 171 Å². The fourth-order valence-electron chi connectivity index (χ4n) is 5.06. The number of amides is 2. The van der Waals surface area contributed by atoms with Crippen LogP contribution in [0.25, 0.3) is 0 Å². The molecule has 150 valence electrons. The summed E-state index contributed by atoms with van der Waals surface area (Å²) in [4.78, 5) is 34.4. The Morgan fingerprint density at radius 2 is 1.72 bits per heavy atom. The molecular weight excluding hydrogens is 362 g/mol. The molecule has 2 aromatic rings. The van der Waals surface area contributed by atoms with Gasteiger partial charge in [-0.15, -0.1) is 0 Å². The fraction of sp³-hybridized carbons (Fsp3) is 0.458. The number of hydrogen-bond donors (Lipinski definition) is 0. The summed E-state index contributed by atoms with van der Waals surface area (Å²) in [7, 11) is 0. The lowest BCUT2D eigenvalue weighted by Crippen LogP contribution is -2.55. The van der Waals surface area contributed by atoms with Crippen LogP contribution in [-0.4, -0.2) is 52.3 Å². The molecule has 1 spiro atoms. The monoisotopic (exact) mass is 389 g/mol. The van der Waals surface area contributed by atoms with Gasteiger partial charge in [0.15, 0.2) is 0 Å². The molecule has 5 rings (SSSR count). The van der Waals surface area contributed by atoms with Crippen LogP contribution < -0.4 is 0 Å². The first-order valence-corrected chi connectivity index (χ1v) is 10.7. The van der Waals surface area contributed by atoms with Gasteiger partial charge in [-0.2, -0.15) is 0 Å². The first-order valence-electron chi connectivity index (χ1n) is 10.7. The van der Waals surface area contributed by atoms with E-state index in [0.29, 0.717) is 17.6 Å². The normalized spacial score (nSPS) is 24.0. The molecule has 1 atom stereocenters. The van der Waals surface area contributed by atoms with Crippen molar-refractivity contribution in [3.63, 3.8) is 0 Å². The topological polar surface area (TPSA) is 53.5 Å². The predicted molar refractivity (Wildman–Crippen MR) is 110 cm³/mol. The average molecular weight is 389 g/mol. The average Bonchev–Trinajstić information content (AvgIpc) is 3.62. The maximum Gasteiger partial charge on any atom is 0.272 e. The van der Waals surface area contributed by atoms with Gasteiger partial charge in [0, 0.05) is 31.9 Å². The molecule has 3 aliphatic rings. The van der Waals surface area contributed by atoms with E-state index >= 15 is 0 Å². The maximum atomic E-state index is 13.2. The molecule has 0 unspecified atom stereocenters. The van der Waals surface area contributed by atoms with Crippen LogP contribution in [-0.2, 0) is 4.79 Å². The van der Waals surface area contributed by atoms with Crippen LogP contribution >= 0.6 is 0 Å². The highest BCUT2D eigenvalue weighted by Gasteiger charge is 2.49. The molecule has 0 radical (unpaired) electrons. The summed E-state index contributed by atoms with van der Waals surface area (Å²) < 4.78 is 0. The number of aromatic nitrogens is 1. The summed E-state index contributed by atoms with van der Waals surface area (Å²) in [6.07, 6.45) is 6.73. The zero-order valence-corrected chi connectivity index (χ0v) is 16.7. The van der Waals surface area contributed by atoms with Crippen molar-refractivity contribution in [3.8, 4) is 0 Å². The first-order chi connectivity index (χ1) is 14.2. The van der Waals surface area contributed by atoms with E-state index in [4.69, 9.17) is 0 Å². The lowest BCUT2D eigenvalue weighted by molar-refractivity contribution is -0.142. The second-order valence-electron chi connectivity index (χ2n) is 8.87. The molecular formula is C24H27N3O2. The molecule has 2 amide bonds. The summed E-state index contributed by atoms with van der Waals surface area (Å²) in [5.74, 6) is 0.269. The summed E-state index contributed by atoms with van der Waals surface area (Å²) in [5.41, 5.74) is 1.76. The van der Waals surface area contributed by atoms with E-state index in [-0.39, 0.29) is 17.2 Å². The molecule has 3 heterocycles. The number of carbonyl (C=O) groups excluding carboxylic acids is 2. The quantitative estimate of drug-likeness (QED) is 0.808. The highest BCUT2D eigenvalue weighted by Crippen LogP contribution is 2.48. The van der Waals surface area contributed by atoms with Gasteiger partial charge in [0.05, 0.1) is 5.92 Å². The summed E-state index contributed by atoms with van der Waals surface area (Å²) in [5, 5.41) is 0. The Morgan fingerprint density at radius 1 is 1.00 bits per heavy atom. The van der Waals surface area contributed by atoms with Gasteiger partial charge < -0.3 is 9.80 Å². The van der Waals surface area contributed by atoms with Crippen molar-refractivity contribution in [1.29, 1.82) is 0 Å². The van der Waals surface area contributed by atoms with Gasteiger partial charge in [0.25, 0.3) is 5.91 Å². The van der Waals surface area contributed by atoms with E-state index in [9.17, 15) is 9.59 Å². The molecule has 29 heavy (non-hydrogen) atoms. The van der Waals surface area contributed by atoms with E-state index in [2.05, 4.69) is 22.0 Å². The van der Waals surface area contributed by atoms with Gasteiger partial charge >= 0.3 is 0 Å². The van der Waals surface area contributed by atoms with E-state index < -0.39 is 0 Å². The van der Waals surface area contributed by atoms with Crippen LogP contribution in [0.2, 0.25) is 0 Å². The van der Waals surface area contributed by atoms with E-state index in [1.807, 2.05) is 35.2 Å². The van der Waals surface area contributed by atoms with E-state index in [1.165, 1.54) is 0 Å². The van der Waals surface area contributed by atoms with Crippen molar-refractivity contribution >= 4 is 11.8 Å². The van der Waals surface area contributed by atoms with Crippen LogP contribution in [0, 0.1) is 5.41 Å². The van der Waals surface area contributed by atoms with Gasteiger partial charge in [-0.3, -0.25) is 14.6 Å². The number of hydrogen-bond acceptors (Lipinski definition) is 3. The first kappa shape index (κ1) is 18.3. The molecule has 1 saturated carbocycles. The smallest absolute Gasteiger partial charge is 0.272 e. The molecule has 1 aromatic carbocycles. The zero-order valence-electron chi connectivity index (χ0n) is 16.7. The van der Waals surface area contributed by atoms with Gasteiger partial charge in [-0.25, -0.2) is 0 Å². The Balaban J connectivity index is 1.35. The van der Waals surface area contributed by atoms with Crippen LogP contribution in [0.3, 0.4) is 0 Å². The Kier molecular flexibility index (Phi) is 4.61. The van der Waals surface area contributed by atoms with Gasteiger partial charge in [-0.05, 0) is 55.2 Å².